The SMILES string of the molecule is CC.CC.CC1CCCCN1.CCCCCCCCC. The number of rotatable bonds is 6. The zero-order chi connectivity index (χ0) is 16.1. The van der Waals surface area contributed by atoms with Gasteiger partial charge in [-0.1, -0.05) is 92.9 Å². The molecule has 0 radical (unpaired) electrons. The average molecular weight is 288 g/mol. The predicted molar refractivity (Wildman–Crippen MR) is 97.7 cm³/mol. The van der Waals surface area contributed by atoms with Crippen LogP contribution in [0.1, 0.15) is 113 Å². The molecule has 0 bridgehead atoms. The minimum absolute atomic E-state index is 0.786. The van der Waals surface area contributed by atoms with Gasteiger partial charge >= 0.3 is 0 Å². The van der Waals surface area contributed by atoms with Gasteiger partial charge in [0.15, 0.2) is 0 Å². The van der Waals surface area contributed by atoms with Gasteiger partial charge in [0, 0.05) is 6.04 Å². The second kappa shape index (κ2) is 27.3. The molecule has 1 aliphatic heterocycles. The smallest absolute Gasteiger partial charge is 0.00387 e. The number of piperidine rings is 1. The molecule has 1 saturated heterocycles. The van der Waals surface area contributed by atoms with E-state index < -0.39 is 0 Å². The number of hydrogen-bond acceptors (Lipinski definition) is 1. The van der Waals surface area contributed by atoms with Crippen molar-refractivity contribution in [2.75, 3.05) is 6.54 Å². The first-order valence-electron chi connectivity index (χ1n) is 9.54. The van der Waals surface area contributed by atoms with Crippen LogP contribution in [-0.4, -0.2) is 12.6 Å². The van der Waals surface area contributed by atoms with E-state index in [9.17, 15) is 0 Å². The molecule has 1 fully saturated rings. The third-order valence-corrected chi connectivity index (χ3v) is 3.26. The quantitative estimate of drug-likeness (QED) is 0.521. The van der Waals surface area contributed by atoms with Crippen LogP contribution in [0.15, 0.2) is 0 Å². The molecule has 1 heteroatoms. The van der Waals surface area contributed by atoms with Crippen molar-refractivity contribution in [3.8, 4) is 0 Å². The van der Waals surface area contributed by atoms with Gasteiger partial charge in [-0.15, -0.1) is 0 Å². The summed E-state index contributed by atoms with van der Waals surface area (Å²) in [4.78, 5) is 0. The second-order valence-corrected chi connectivity index (χ2v) is 5.12. The van der Waals surface area contributed by atoms with E-state index in [0.29, 0.717) is 0 Å². The molecule has 0 aromatic carbocycles. The van der Waals surface area contributed by atoms with Crippen molar-refractivity contribution in [1.82, 2.24) is 5.32 Å². The molecule has 1 atom stereocenters. The van der Waals surface area contributed by atoms with E-state index in [2.05, 4.69) is 26.1 Å². The van der Waals surface area contributed by atoms with Crippen LogP contribution >= 0.6 is 0 Å². The molecule has 1 N–H and O–H groups in total. The van der Waals surface area contributed by atoms with Crippen molar-refractivity contribution in [1.29, 1.82) is 0 Å². The predicted octanol–water partition coefficient (Wildman–Crippen LogP) is 6.96. The van der Waals surface area contributed by atoms with Crippen LogP contribution in [0, 0.1) is 0 Å². The van der Waals surface area contributed by atoms with Crippen LogP contribution < -0.4 is 5.32 Å². The summed E-state index contributed by atoms with van der Waals surface area (Å²) >= 11 is 0. The van der Waals surface area contributed by atoms with E-state index in [4.69, 9.17) is 0 Å². The minimum Gasteiger partial charge on any atom is -0.314 e. The Kier molecular flexibility index (Phi) is 34.1. The number of unbranched alkanes of at least 4 members (excludes halogenated alkanes) is 6. The zero-order valence-corrected chi connectivity index (χ0v) is 15.9. The number of hydrogen-bond donors (Lipinski definition) is 1. The summed E-state index contributed by atoms with van der Waals surface area (Å²) in [5, 5.41) is 3.38. The summed E-state index contributed by atoms with van der Waals surface area (Å²) < 4.78 is 0. The maximum atomic E-state index is 3.38. The first-order valence-corrected chi connectivity index (χ1v) is 9.54. The summed E-state index contributed by atoms with van der Waals surface area (Å²) in [5.41, 5.74) is 0. The van der Waals surface area contributed by atoms with Crippen LogP contribution in [0.25, 0.3) is 0 Å². The highest BCUT2D eigenvalue weighted by Gasteiger charge is 2.04. The fraction of sp³-hybridized carbons (Fsp3) is 1.00. The van der Waals surface area contributed by atoms with Gasteiger partial charge in [0.2, 0.25) is 0 Å². The molecule has 1 unspecified atom stereocenters. The van der Waals surface area contributed by atoms with Crippen molar-refractivity contribution in [2.24, 2.45) is 0 Å². The molecule has 126 valence electrons. The molecule has 0 aromatic heterocycles. The Bertz CT molecular complexity index is 111. The van der Waals surface area contributed by atoms with Crippen molar-refractivity contribution >= 4 is 0 Å². The lowest BCUT2D eigenvalue weighted by molar-refractivity contribution is 0.425. The van der Waals surface area contributed by atoms with Gasteiger partial charge in [0.05, 0.1) is 0 Å². The Hall–Kier alpha value is -0.0400. The fourth-order valence-electron chi connectivity index (χ4n) is 2.06. The molecule has 1 heterocycles. The van der Waals surface area contributed by atoms with E-state index >= 15 is 0 Å². The van der Waals surface area contributed by atoms with Crippen LogP contribution in [-0.2, 0) is 0 Å². The highest BCUT2D eigenvalue weighted by molar-refractivity contribution is 4.65. The van der Waals surface area contributed by atoms with E-state index in [0.717, 1.165) is 6.04 Å². The average Bonchev–Trinajstić information content (AvgIpc) is 2.53. The first-order chi connectivity index (χ1) is 9.81. The van der Waals surface area contributed by atoms with Gasteiger partial charge < -0.3 is 5.32 Å². The third-order valence-electron chi connectivity index (χ3n) is 3.26. The molecule has 0 aliphatic carbocycles. The zero-order valence-electron chi connectivity index (χ0n) is 15.9. The van der Waals surface area contributed by atoms with Crippen LogP contribution in [0.2, 0.25) is 0 Å². The Balaban J connectivity index is -0.000000234. The summed E-state index contributed by atoms with van der Waals surface area (Å²) in [5.74, 6) is 0. The molecule has 20 heavy (non-hydrogen) atoms. The van der Waals surface area contributed by atoms with E-state index in [1.807, 2.05) is 27.7 Å². The van der Waals surface area contributed by atoms with Crippen molar-refractivity contribution in [3.05, 3.63) is 0 Å². The van der Waals surface area contributed by atoms with Gasteiger partial charge in [0.25, 0.3) is 0 Å². The lowest BCUT2D eigenvalue weighted by atomic mass is 10.1. The summed E-state index contributed by atoms with van der Waals surface area (Å²) in [7, 11) is 0. The molecular weight excluding hydrogens is 242 g/mol. The molecule has 0 spiro atoms. The van der Waals surface area contributed by atoms with Crippen LogP contribution in [0.3, 0.4) is 0 Å². The minimum atomic E-state index is 0.786. The summed E-state index contributed by atoms with van der Waals surface area (Å²) in [6.45, 7) is 16.0. The second-order valence-electron chi connectivity index (χ2n) is 5.12. The lowest BCUT2D eigenvalue weighted by Crippen LogP contribution is -2.30. The molecule has 1 rings (SSSR count). The van der Waals surface area contributed by atoms with E-state index in [-0.39, 0.29) is 0 Å². The van der Waals surface area contributed by atoms with E-state index in [1.54, 1.807) is 0 Å². The Morgan fingerprint density at radius 2 is 1.20 bits per heavy atom. The standard InChI is InChI=1S/C9H20.C6H13N.2C2H6/c1-3-5-7-9-8-6-4-2;1-6-4-2-3-5-7-6;2*1-2/h3-9H2,1-2H3;6-7H,2-5H2,1H3;2*1-2H3. The summed E-state index contributed by atoms with van der Waals surface area (Å²) in [6.07, 6.45) is 14.2. The molecule has 1 aliphatic rings. The topological polar surface area (TPSA) is 12.0 Å². The van der Waals surface area contributed by atoms with Gasteiger partial charge in [-0.2, -0.15) is 0 Å². The first kappa shape index (κ1) is 24.9. The van der Waals surface area contributed by atoms with Crippen molar-refractivity contribution in [3.63, 3.8) is 0 Å². The van der Waals surface area contributed by atoms with Gasteiger partial charge in [0.1, 0.15) is 0 Å². The largest absolute Gasteiger partial charge is 0.314 e. The monoisotopic (exact) mass is 287 g/mol. The van der Waals surface area contributed by atoms with Crippen LogP contribution in [0.4, 0.5) is 0 Å². The molecule has 0 amide bonds. The number of nitrogens with one attached hydrogen (secondary N) is 1. The van der Waals surface area contributed by atoms with E-state index in [1.165, 1.54) is 70.8 Å². The Morgan fingerprint density at radius 1 is 0.750 bits per heavy atom. The van der Waals surface area contributed by atoms with Crippen LogP contribution in [0.5, 0.6) is 0 Å². The maximum absolute atomic E-state index is 3.38. The fourth-order valence-corrected chi connectivity index (χ4v) is 2.06. The highest BCUT2D eigenvalue weighted by atomic mass is 14.9. The van der Waals surface area contributed by atoms with Gasteiger partial charge in [-0.25, -0.2) is 0 Å². The van der Waals surface area contributed by atoms with Gasteiger partial charge in [-0.3, -0.25) is 0 Å². The molecule has 0 aromatic rings. The Labute approximate surface area is 131 Å². The summed E-state index contributed by atoms with van der Waals surface area (Å²) in [6, 6.07) is 0.786. The molecular formula is C19H45N. The lowest BCUT2D eigenvalue weighted by Gasteiger charge is -2.18. The Morgan fingerprint density at radius 3 is 1.45 bits per heavy atom. The maximum Gasteiger partial charge on any atom is 0.00387 e. The third kappa shape index (κ3) is 26.5. The molecule has 0 saturated carbocycles. The van der Waals surface area contributed by atoms with Crippen molar-refractivity contribution < 1.29 is 0 Å². The normalized spacial score (nSPS) is 16.6. The highest BCUT2D eigenvalue weighted by Crippen LogP contribution is 2.05. The van der Waals surface area contributed by atoms with Gasteiger partial charge in [-0.05, 0) is 26.3 Å². The van der Waals surface area contributed by atoms with Crippen molar-refractivity contribution in [2.45, 2.75) is 119 Å². The molecule has 1 nitrogen and oxygen atoms in total.